The molecule has 13 heavy (non-hydrogen) atoms. The van der Waals surface area contributed by atoms with E-state index < -0.39 is 0 Å². The summed E-state index contributed by atoms with van der Waals surface area (Å²) in [5, 5.41) is 0. The Labute approximate surface area is 83.1 Å². The van der Waals surface area contributed by atoms with Crippen molar-refractivity contribution in [3.8, 4) is 0 Å². The molecule has 0 unspecified atom stereocenters. The van der Waals surface area contributed by atoms with Crippen molar-refractivity contribution >= 4 is 0 Å². The molecule has 0 amide bonds. The second kappa shape index (κ2) is 5.02. The van der Waals surface area contributed by atoms with E-state index in [0.717, 1.165) is 0 Å². The van der Waals surface area contributed by atoms with Crippen LogP contribution in [-0.4, -0.2) is 0 Å². The molecular formula is C13H22. The molecule has 0 saturated heterocycles. The van der Waals surface area contributed by atoms with Gasteiger partial charge in [-0.25, -0.2) is 0 Å². The molecule has 2 fully saturated rings. The van der Waals surface area contributed by atoms with Gasteiger partial charge in [-0.1, -0.05) is 38.5 Å². The van der Waals surface area contributed by atoms with Gasteiger partial charge in [-0.2, -0.15) is 0 Å². The van der Waals surface area contributed by atoms with Crippen LogP contribution >= 0.6 is 0 Å². The molecule has 0 heteroatoms. The zero-order valence-electron chi connectivity index (χ0n) is 8.78. The van der Waals surface area contributed by atoms with Gasteiger partial charge in [0.05, 0.1) is 0 Å². The molecule has 2 aliphatic rings. The van der Waals surface area contributed by atoms with Gasteiger partial charge in [-0.05, 0) is 43.9 Å². The minimum Gasteiger partial charge on any atom is -0.0533 e. The van der Waals surface area contributed by atoms with Gasteiger partial charge < -0.3 is 0 Å². The lowest BCUT2D eigenvalue weighted by atomic mass is 9.78. The van der Waals surface area contributed by atoms with E-state index >= 15 is 0 Å². The summed E-state index contributed by atoms with van der Waals surface area (Å²) in [7, 11) is 0. The maximum Gasteiger partial charge on any atom is -0.0235 e. The van der Waals surface area contributed by atoms with Crippen molar-refractivity contribution in [2.45, 2.75) is 70.6 Å². The van der Waals surface area contributed by atoms with Crippen LogP contribution < -0.4 is 0 Å². The molecule has 0 aromatic carbocycles. The Kier molecular flexibility index (Phi) is 3.69. The molecule has 74 valence electrons. The van der Waals surface area contributed by atoms with Gasteiger partial charge in [0, 0.05) is 0 Å². The first-order valence-electron chi connectivity index (χ1n) is 6.12. The predicted molar refractivity (Wildman–Crippen MR) is 57.3 cm³/mol. The fourth-order valence-corrected chi connectivity index (χ4v) is 2.81. The van der Waals surface area contributed by atoms with Crippen LogP contribution in [0.4, 0.5) is 0 Å². The Hall–Kier alpha value is 0. The average molecular weight is 178 g/mol. The summed E-state index contributed by atoms with van der Waals surface area (Å²) in [5.41, 5.74) is 0. The lowest BCUT2D eigenvalue weighted by molar-refractivity contribution is 0.460. The zero-order chi connectivity index (χ0) is 8.93. The van der Waals surface area contributed by atoms with Gasteiger partial charge in [0.1, 0.15) is 0 Å². The molecule has 0 aromatic heterocycles. The third-order valence-electron chi connectivity index (χ3n) is 3.62. The van der Waals surface area contributed by atoms with Crippen LogP contribution in [0, 0.1) is 11.8 Å². The van der Waals surface area contributed by atoms with Gasteiger partial charge in [0.2, 0.25) is 0 Å². The van der Waals surface area contributed by atoms with Crippen molar-refractivity contribution in [1.29, 1.82) is 0 Å². The van der Waals surface area contributed by atoms with Crippen LogP contribution in [0.15, 0.2) is 0 Å². The highest BCUT2D eigenvalue weighted by Gasteiger charge is 2.21. The fourth-order valence-electron chi connectivity index (χ4n) is 2.81. The average Bonchev–Trinajstić information content (AvgIpc) is 2.21. The third-order valence-corrected chi connectivity index (χ3v) is 3.62. The topological polar surface area (TPSA) is 0 Å². The first-order valence-corrected chi connectivity index (χ1v) is 6.12. The fraction of sp³-hybridized carbons (Fsp3) is 0.846. The minimum absolute atomic E-state index is 1.42. The van der Waals surface area contributed by atoms with Crippen molar-refractivity contribution in [1.82, 2.24) is 0 Å². The highest BCUT2D eigenvalue weighted by Crippen LogP contribution is 2.37. The van der Waals surface area contributed by atoms with Crippen molar-refractivity contribution in [3.63, 3.8) is 0 Å². The minimum atomic E-state index is 1.42. The van der Waals surface area contributed by atoms with Crippen LogP contribution in [0.3, 0.4) is 0 Å². The standard InChI is InChI=1S/C13H22/c1-3-7-12(8-4-1)11-13-9-5-2-6-10-13/h1-11H2. The summed E-state index contributed by atoms with van der Waals surface area (Å²) in [5.74, 6) is 3.76. The predicted octanol–water partition coefficient (Wildman–Crippen LogP) is 4.45. The normalized spacial score (nSPS) is 27.7. The number of hydrogen-bond donors (Lipinski definition) is 0. The SMILES string of the molecule is C1CC[C](C[C]2CCCCC2)CC1. The molecular weight excluding hydrogens is 156 g/mol. The lowest BCUT2D eigenvalue weighted by Gasteiger charge is -2.27. The van der Waals surface area contributed by atoms with Crippen LogP contribution in [-0.2, 0) is 0 Å². The Bertz CT molecular complexity index is 111. The monoisotopic (exact) mass is 178 g/mol. The van der Waals surface area contributed by atoms with E-state index in [-0.39, 0.29) is 0 Å². The highest BCUT2D eigenvalue weighted by molar-refractivity contribution is 5.05. The molecule has 0 aliphatic heterocycles. The van der Waals surface area contributed by atoms with Gasteiger partial charge in [0.25, 0.3) is 0 Å². The van der Waals surface area contributed by atoms with Crippen molar-refractivity contribution < 1.29 is 0 Å². The van der Waals surface area contributed by atoms with Gasteiger partial charge in [-0.15, -0.1) is 0 Å². The second-order valence-corrected chi connectivity index (χ2v) is 4.80. The Balaban J connectivity index is 1.69. The molecule has 2 aliphatic carbocycles. The van der Waals surface area contributed by atoms with E-state index in [9.17, 15) is 0 Å². The molecule has 0 heterocycles. The van der Waals surface area contributed by atoms with Crippen LogP contribution in [0.2, 0.25) is 0 Å². The van der Waals surface area contributed by atoms with Gasteiger partial charge >= 0.3 is 0 Å². The number of hydrogen-bond acceptors (Lipinski definition) is 0. The summed E-state index contributed by atoms with van der Waals surface area (Å²) >= 11 is 0. The second-order valence-electron chi connectivity index (χ2n) is 4.80. The van der Waals surface area contributed by atoms with Crippen molar-refractivity contribution in [2.75, 3.05) is 0 Å². The van der Waals surface area contributed by atoms with E-state index in [4.69, 9.17) is 0 Å². The Morgan fingerprint density at radius 2 is 0.923 bits per heavy atom. The lowest BCUT2D eigenvalue weighted by Crippen LogP contribution is -2.11. The summed E-state index contributed by atoms with van der Waals surface area (Å²) in [4.78, 5) is 0. The summed E-state index contributed by atoms with van der Waals surface area (Å²) < 4.78 is 0. The van der Waals surface area contributed by atoms with Crippen LogP contribution in [0.25, 0.3) is 0 Å². The van der Waals surface area contributed by atoms with Crippen LogP contribution in [0.1, 0.15) is 70.6 Å². The first-order chi connectivity index (χ1) is 6.45. The Morgan fingerprint density at radius 3 is 1.31 bits per heavy atom. The third kappa shape index (κ3) is 3.00. The van der Waals surface area contributed by atoms with E-state index in [1.165, 1.54) is 70.6 Å². The van der Waals surface area contributed by atoms with E-state index in [1.54, 1.807) is 0 Å². The molecule has 0 aromatic rings. The van der Waals surface area contributed by atoms with Crippen LogP contribution in [0.5, 0.6) is 0 Å². The molecule has 0 nitrogen and oxygen atoms in total. The van der Waals surface area contributed by atoms with E-state index in [0.29, 0.717) is 0 Å². The van der Waals surface area contributed by atoms with E-state index in [1.807, 2.05) is 11.8 Å². The maximum absolute atomic E-state index is 1.88. The quantitative estimate of drug-likeness (QED) is 0.586. The smallest absolute Gasteiger partial charge is 0.0235 e. The zero-order valence-corrected chi connectivity index (χ0v) is 8.78. The molecule has 0 N–H and O–H groups in total. The summed E-state index contributed by atoms with van der Waals surface area (Å²) in [6.45, 7) is 0. The van der Waals surface area contributed by atoms with Crippen molar-refractivity contribution in [3.05, 3.63) is 11.8 Å². The summed E-state index contributed by atoms with van der Waals surface area (Å²) in [6.07, 6.45) is 16.1. The molecule has 2 radical (unpaired) electrons. The Morgan fingerprint density at radius 1 is 0.538 bits per heavy atom. The van der Waals surface area contributed by atoms with Gasteiger partial charge in [0.15, 0.2) is 0 Å². The molecule has 0 bridgehead atoms. The molecule has 2 saturated carbocycles. The largest absolute Gasteiger partial charge is 0.0533 e. The maximum atomic E-state index is 1.88. The number of rotatable bonds is 2. The molecule has 0 spiro atoms. The van der Waals surface area contributed by atoms with Gasteiger partial charge in [-0.3, -0.25) is 0 Å². The first kappa shape index (κ1) is 9.55. The van der Waals surface area contributed by atoms with Crippen molar-refractivity contribution in [2.24, 2.45) is 0 Å². The highest BCUT2D eigenvalue weighted by atomic mass is 14.3. The summed E-state index contributed by atoms with van der Waals surface area (Å²) in [6, 6.07) is 0. The van der Waals surface area contributed by atoms with E-state index in [2.05, 4.69) is 0 Å². The molecule has 2 rings (SSSR count). The molecule has 0 atom stereocenters.